The molecule has 1 atom stereocenters. The summed E-state index contributed by atoms with van der Waals surface area (Å²) in [5, 5.41) is 0. The number of hydrogen-bond donors (Lipinski definition) is 0. The largest absolute Gasteiger partial charge is 0.459 e. The first-order chi connectivity index (χ1) is 12.1. The van der Waals surface area contributed by atoms with Crippen molar-refractivity contribution in [3.63, 3.8) is 0 Å². The second kappa shape index (κ2) is 10.4. The maximum Gasteiger partial charge on any atom is 0.342 e. The molecule has 4 heteroatoms. The molecule has 2 rings (SSSR count). The van der Waals surface area contributed by atoms with Crippen LogP contribution < -0.4 is 5.63 Å². The predicted molar refractivity (Wildman–Crippen MR) is 99.1 cm³/mol. The Morgan fingerprint density at radius 1 is 0.960 bits per heavy atom. The topological polar surface area (TPSA) is 56.5 Å². The number of unbranched alkanes of at least 4 members (excludes halogenated alkanes) is 9. The van der Waals surface area contributed by atoms with Crippen LogP contribution in [0.3, 0.4) is 0 Å². The fourth-order valence-electron chi connectivity index (χ4n) is 3.54. The Balaban J connectivity index is 1.73. The molecule has 0 radical (unpaired) electrons. The Kier molecular flexibility index (Phi) is 8.23. The minimum absolute atomic E-state index is 0.174. The number of fused-ring (bicyclic) bond motifs is 1. The van der Waals surface area contributed by atoms with Crippen molar-refractivity contribution in [1.29, 1.82) is 0 Å². The maximum absolute atomic E-state index is 12.1. The van der Waals surface area contributed by atoms with Crippen LogP contribution in [0.15, 0.2) is 15.3 Å². The average Bonchev–Trinajstić information content (AvgIpc) is 2.55. The summed E-state index contributed by atoms with van der Waals surface area (Å²) in [7, 11) is 0. The van der Waals surface area contributed by atoms with Crippen molar-refractivity contribution in [3.05, 3.63) is 33.4 Å². The highest BCUT2D eigenvalue weighted by molar-refractivity contribution is 5.93. The van der Waals surface area contributed by atoms with Crippen LogP contribution in [0, 0.1) is 0 Å². The highest BCUT2D eigenvalue weighted by Gasteiger charge is 2.28. The van der Waals surface area contributed by atoms with E-state index in [9.17, 15) is 9.59 Å². The van der Waals surface area contributed by atoms with Gasteiger partial charge in [0.1, 0.15) is 17.4 Å². The molecule has 1 aliphatic rings. The third kappa shape index (κ3) is 6.33. The van der Waals surface area contributed by atoms with Crippen LogP contribution in [-0.2, 0) is 17.6 Å². The zero-order chi connectivity index (χ0) is 18.1. The number of ether oxygens (including phenoxy) is 1. The van der Waals surface area contributed by atoms with Gasteiger partial charge in [0.25, 0.3) is 0 Å². The van der Waals surface area contributed by atoms with Gasteiger partial charge in [-0.05, 0) is 18.9 Å². The second-order valence-electron chi connectivity index (χ2n) is 7.24. The summed E-state index contributed by atoms with van der Waals surface area (Å²) >= 11 is 0. The Labute approximate surface area is 151 Å². The summed E-state index contributed by atoms with van der Waals surface area (Å²) in [6, 6.07) is 1.44. The number of cyclic esters (lactones) is 1. The lowest BCUT2D eigenvalue weighted by Gasteiger charge is -2.22. The van der Waals surface area contributed by atoms with Gasteiger partial charge in [0, 0.05) is 18.9 Å². The first-order valence-electron chi connectivity index (χ1n) is 9.98. The fourth-order valence-corrected chi connectivity index (χ4v) is 3.54. The molecule has 1 aliphatic heterocycles. The maximum atomic E-state index is 12.1. The van der Waals surface area contributed by atoms with Gasteiger partial charge in [0.2, 0.25) is 0 Å². The van der Waals surface area contributed by atoms with E-state index >= 15 is 0 Å². The van der Waals surface area contributed by atoms with Crippen LogP contribution in [-0.4, -0.2) is 12.1 Å². The van der Waals surface area contributed by atoms with E-state index in [-0.39, 0.29) is 17.7 Å². The monoisotopic (exact) mass is 348 g/mol. The average molecular weight is 348 g/mol. The summed E-state index contributed by atoms with van der Waals surface area (Å²) in [5.74, 6) is 0.165. The van der Waals surface area contributed by atoms with Crippen molar-refractivity contribution in [2.75, 3.05) is 0 Å². The Hall–Kier alpha value is -1.58. The van der Waals surface area contributed by atoms with E-state index < -0.39 is 0 Å². The van der Waals surface area contributed by atoms with E-state index in [1.165, 1.54) is 57.4 Å². The number of rotatable bonds is 11. The third-order valence-electron chi connectivity index (χ3n) is 4.89. The van der Waals surface area contributed by atoms with Crippen molar-refractivity contribution in [3.8, 4) is 0 Å². The lowest BCUT2D eigenvalue weighted by Crippen LogP contribution is -2.28. The predicted octanol–water partition coefficient (Wildman–Crippen LogP) is 5.20. The molecule has 0 saturated carbocycles. The van der Waals surface area contributed by atoms with Crippen molar-refractivity contribution >= 4 is 5.97 Å². The Morgan fingerprint density at radius 3 is 2.20 bits per heavy atom. The molecule has 0 spiro atoms. The number of hydrogen-bond acceptors (Lipinski definition) is 4. The van der Waals surface area contributed by atoms with E-state index in [1.807, 2.05) is 6.92 Å². The molecule has 25 heavy (non-hydrogen) atoms. The van der Waals surface area contributed by atoms with Gasteiger partial charge in [0.05, 0.1) is 0 Å². The molecule has 0 aromatic carbocycles. The molecule has 1 aromatic rings. The number of carbonyl (C=O) groups is 1. The highest BCUT2D eigenvalue weighted by Crippen LogP contribution is 2.24. The molecule has 0 bridgehead atoms. The van der Waals surface area contributed by atoms with Gasteiger partial charge >= 0.3 is 11.6 Å². The normalized spacial score (nSPS) is 16.6. The lowest BCUT2D eigenvalue weighted by molar-refractivity contribution is 0.0293. The Morgan fingerprint density at radius 2 is 1.56 bits per heavy atom. The third-order valence-corrected chi connectivity index (χ3v) is 4.89. The minimum Gasteiger partial charge on any atom is -0.459 e. The lowest BCUT2D eigenvalue weighted by atomic mass is 9.97. The summed E-state index contributed by atoms with van der Waals surface area (Å²) < 4.78 is 10.6. The van der Waals surface area contributed by atoms with Crippen molar-refractivity contribution in [2.24, 2.45) is 0 Å². The molecule has 1 aromatic heterocycles. The first-order valence-corrected chi connectivity index (χ1v) is 9.98. The molecule has 140 valence electrons. The van der Waals surface area contributed by atoms with Gasteiger partial charge in [0.15, 0.2) is 0 Å². The first kappa shape index (κ1) is 19.7. The van der Waals surface area contributed by atoms with Crippen LogP contribution in [0.1, 0.15) is 99.7 Å². The van der Waals surface area contributed by atoms with E-state index in [2.05, 4.69) is 6.92 Å². The molecule has 4 nitrogen and oxygen atoms in total. The van der Waals surface area contributed by atoms with Crippen molar-refractivity contribution in [2.45, 2.75) is 97.0 Å². The fraction of sp³-hybridized carbons (Fsp3) is 0.714. The second-order valence-corrected chi connectivity index (χ2v) is 7.24. The van der Waals surface area contributed by atoms with E-state index in [4.69, 9.17) is 9.15 Å². The summed E-state index contributed by atoms with van der Waals surface area (Å²) in [6.45, 7) is 4.09. The van der Waals surface area contributed by atoms with Gasteiger partial charge in [-0.1, -0.05) is 64.7 Å². The van der Waals surface area contributed by atoms with E-state index in [1.54, 1.807) is 0 Å². The van der Waals surface area contributed by atoms with Crippen LogP contribution in [0.25, 0.3) is 0 Å². The number of esters is 1. The van der Waals surface area contributed by atoms with Crippen LogP contribution in [0.2, 0.25) is 0 Å². The molecule has 0 aliphatic carbocycles. The molecule has 0 amide bonds. The standard InChI is InChI=1S/C21H32O4/c1-3-4-5-6-7-8-9-10-11-12-13-18-20-17(15-19(22)25-18)14-16(2)24-21(20)23/h15-16H,3-14H2,1-2H3. The van der Waals surface area contributed by atoms with Crippen LogP contribution >= 0.6 is 0 Å². The minimum atomic E-state index is -0.359. The van der Waals surface area contributed by atoms with E-state index in [0.29, 0.717) is 24.2 Å². The van der Waals surface area contributed by atoms with Crippen molar-refractivity contribution < 1.29 is 13.9 Å². The molecule has 1 unspecified atom stereocenters. The molecule has 0 N–H and O–H groups in total. The zero-order valence-corrected chi connectivity index (χ0v) is 15.8. The van der Waals surface area contributed by atoms with E-state index in [0.717, 1.165) is 18.4 Å². The van der Waals surface area contributed by atoms with Gasteiger partial charge in [-0.25, -0.2) is 9.59 Å². The highest BCUT2D eigenvalue weighted by atomic mass is 16.5. The number of carbonyl (C=O) groups excluding carboxylic acids is 1. The Bertz CT molecular complexity index is 602. The smallest absolute Gasteiger partial charge is 0.342 e. The van der Waals surface area contributed by atoms with Crippen LogP contribution in [0.4, 0.5) is 0 Å². The van der Waals surface area contributed by atoms with Gasteiger partial charge < -0.3 is 9.15 Å². The number of aryl methyl sites for hydroxylation is 1. The van der Waals surface area contributed by atoms with Gasteiger partial charge in [-0.3, -0.25) is 0 Å². The molecule has 0 saturated heterocycles. The summed E-state index contributed by atoms with van der Waals surface area (Å²) in [6.07, 6.45) is 13.6. The van der Waals surface area contributed by atoms with Crippen molar-refractivity contribution in [1.82, 2.24) is 0 Å². The van der Waals surface area contributed by atoms with Crippen LogP contribution in [0.5, 0.6) is 0 Å². The summed E-state index contributed by atoms with van der Waals surface area (Å²) in [4.78, 5) is 23.9. The summed E-state index contributed by atoms with van der Waals surface area (Å²) in [5.41, 5.74) is 0.915. The SMILES string of the molecule is CCCCCCCCCCCCc1oc(=O)cc2c1C(=O)OC(C)C2. The zero-order valence-electron chi connectivity index (χ0n) is 15.8. The quantitative estimate of drug-likeness (QED) is 0.407. The molecule has 0 fully saturated rings. The van der Waals surface area contributed by atoms with Gasteiger partial charge in [-0.15, -0.1) is 0 Å². The molecule has 2 heterocycles. The molecular weight excluding hydrogens is 316 g/mol. The van der Waals surface area contributed by atoms with Gasteiger partial charge in [-0.2, -0.15) is 0 Å². The molecular formula is C21H32O4.